The molecule has 0 unspecified atom stereocenters. The SMILES string of the molecule is CCCCN(CC(F)(F)F)C(=O)CCc1c(C)nc2cc(C)nn2c1C. The van der Waals surface area contributed by atoms with Gasteiger partial charge in [-0.15, -0.1) is 0 Å². The molecule has 0 aromatic carbocycles. The van der Waals surface area contributed by atoms with Gasteiger partial charge in [0.05, 0.1) is 5.69 Å². The second-order valence-electron chi connectivity index (χ2n) is 6.60. The van der Waals surface area contributed by atoms with Crippen LogP contribution in [0.5, 0.6) is 0 Å². The zero-order valence-corrected chi connectivity index (χ0v) is 15.7. The number of aromatic nitrogens is 3. The normalized spacial score (nSPS) is 12.0. The van der Waals surface area contributed by atoms with Crippen molar-refractivity contribution in [3.8, 4) is 0 Å². The third-order valence-corrected chi connectivity index (χ3v) is 4.38. The summed E-state index contributed by atoms with van der Waals surface area (Å²) in [6.07, 6.45) is -2.73. The number of amides is 1. The molecule has 0 spiro atoms. The zero-order chi connectivity index (χ0) is 19.5. The van der Waals surface area contributed by atoms with Crippen LogP contribution in [0.3, 0.4) is 0 Å². The van der Waals surface area contributed by atoms with Gasteiger partial charge in [-0.2, -0.15) is 18.3 Å². The summed E-state index contributed by atoms with van der Waals surface area (Å²) in [6, 6.07) is 1.87. The van der Waals surface area contributed by atoms with E-state index in [0.717, 1.165) is 39.6 Å². The molecule has 2 aromatic heterocycles. The topological polar surface area (TPSA) is 50.5 Å². The Morgan fingerprint density at radius 2 is 1.96 bits per heavy atom. The Labute approximate surface area is 151 Å². The largest absolute Gasteiger partial charge is 0.406 e. The molecule has 0 radical (unpaired) electrons. The molecule has 0 saturated heterocycles. The van der Waals surface area contributed by atoms with Crippen LogP contribution in [0.25, 0.3) is 5.65 Å². The minimum absolute atomic E-state index is 0.0227. The Kier molecular flexibility index (Phi) is 6.26. The van der Waals surface area contributed by atoms with Crippen molar-refractivity contribution in [1.82, 2.24) is 19.5 Å². The van der Waals surface area contributed by atoms with E-state index in [1.54, 1.807) is 4.52 Å². The molecule has 0 N–H and O–H groups in total. The molecular weight excluding hydrogens is 345 g/mol. The van der Waals surface area contributed by atoms with Crippen LogP contribution in [0.2, 0.25) is 0 Å². The van der Waals surface area contributed by atoms with E-state index < -0.39 is 18.6 Å². The van der Waals surface area contributed by atoms with Gasteiger partial charge in [0, 0.05) is 30.4 Å². The summed E-state index contributed by atoms with van der Waals surface area (Å²) in [4.78, 5) is 17.8. The van der Waals surface area contributed by atoms with Crippen LogP contribution in [0.1, 0.15) is 48.8 Å². The minimum Gasteiger partial charge on any atom is -0.334 e. The van der Waals surface area contributed by atoms with E-state index in [1.807, 2.05) is 33.8 Å². The fraction of sp³-hybridized carbons (Fsp3) is 0.611. The van der Waals surface area contributed by atoms with E-state index in [1.165, 1.54) is 0 Å². The fourth-order valence-corrected chi connectivity index (χ4v) is 3.05. The molecule has 1 amide bonds. The van der Waals surface area contributed by atoms with Crippen molar-refractivity contribution in [2.75, 3.05) is 13.1 Å². The highest BCUT2D eigenvalue weighted by atomic mass is 19.4. The molecule has 26 heavy (non-hydrogen) atoms. The van der Waals surface area contributed by atoms with Gasteiger partial charge in [0.25, 0.3) is 0 Å². The lowest BCUT2D eigenvalue weighted by Gasteiger charge is -2.24. The van der Waals surface area contributed by atoms with Crippen molar-refractivity contribution in [3.05, 3.63) is 28.7 Å². The molecule has 8 heteroatoms. The monoisotopic (exact) mass is 370 g/mol. The molecule has 0 aliphatic rings. The first-order valence-corrected chi connectivity index (χ1v) is 8.79. The predicted molar refractivity (Wildman–Crippen MR) is 93.1 cm³/mol. The number of hydrogen-bond acceptors (Lipinski definition) is 3. The smallest absolute Gasteiger partial charge is 0.334 e. The average molecular weight is 370 g/mol. The average Bonchev–Trinajstić information content (AvgIpc) is 2.90. The first-order valence-electron chi connectivity index (χ1n) is 8.79. The summed E-state index contributed by atoms with van der Waals surface area (Å²) in [5, 5.41) is 4.38. The Morgan fingerprint density at radius 1 is 1.27 bits per heavy atom. The lowest BCUT2D eigenvalue weighted by atomic mass is 10.1. The molecule has 0 saturated carbocycles. The number of carbonyl (C=O) groups excluding carboxylic acids is 1. The van der Waals surface area contributed by atoms with Gasteiger partial charge < -0.3 is 4.90 Å². The molecule has 144 valence electrons. The van der Waals surface area contributed by atoms with Crippen LogP contribution in [0.15, 0.2) is 6.07 Å². The second-order valence-corrected chi connectivity index (χ2v) is 6.60. The van der Waals surface area contributed by atoms with E-state index in [2.05, 4.69) is 10.1 Å². The van der Waals surface area contributed by atoms with Gasteiger partial charge in [-0.1, -0.05) is 13.3 Å². The number of nitrogens with zero attached hydrogens (tertiary/aromatic N) is 4. The number of aryl methyl sites for hydroxylation is 3. The van der Waals surface area contributed by atoms with E-state index in [0.29, 0.717) is 12.8 Å². The third-order valence-electron chi connectivity index (χ3n) is 4.38. The first-order chi connectivity index (χ1) is 12.1. The third kappa shape index (κ3) is 4.95. The van der Waals surface area contributed by atoms with Gasteiger partial charge in [0.1, 0.15) is 6.54 Å². The zero-order valence-electron chi connectivity index (χ0n) is 15.7. The number of rotatable bonds is 7. The maximum absolute atomic E-state index is 12.7. The first kappa shape index (κ1) is 20.2. The summed E-state index contributed by atoms with van der Waals surface area (Å²) in [5.41, 5.74) is 4.07. The number of carbonyl (C=O) groups is 1. The molecule has 0 aliphatic heterocycles. The highest BCUT2D eigenvalue weighted by Gasteiger charge is 2.32. The molecule has 5 nitrogen and oxygen atoms in total. The Hall–Kier alpha value is -2.12. The molecule has 2 aromatic rings. The van der Waals surface area contributed by atoms with Crippen LogP contribution < -0.4 is 0 Å². The Balaban J connectivity index is 2.15. The summed E-state index contributed by atoms with van der Waals surface area (Å²) in [6.45, 7) is 6.42. The van der Waals surface area contributed by atoms with Crippen molar-refractivity contribution in [2.45, 2.75) is 59.6 Å². The second kappa shape index (κ2) is 8.05. The number of fused-ring (bicyclic) bond motifs is 1. The number of alkyl halides is 3. The van der Waals surface area contributed by atoms with Gasteiger partial charge >= 0.3 is 6.18 Å². The number of halogens is 3. The van der Waals surface area contributed by atoms with Crippen LogP contribution in [-0.4, -0.2) is 44.7 Å². The van der Waals surface area contributed by atoms with Crippen LogP contribution in [0.4, 0.5) is 13.2 Å². The van der Waals surface area contributed by atoms with Crippen molar-refractivity contribution in [1.29, 1.82) is 0 Å². The van der Waals surface area contributed by atoms with Gasteiger partial charge in [-0.05, 0) is 39.2 Å². The highest BCUT2D eigenvalue weighted by molar-refractivity contribution is 5.76. The highest BCUT2D eigenvalue weighted by Crippen LogP contribution is 2.20. The standard InChI is InChI=1S/C18H25F3N4O/c1-5-6-9-24(11-18(19,20)21)17(26)8-7-15-13(3)22-16-10-12(2)23-25(16)14(15)4/h10H,5-9,11H2,1-4H3. The van der Waals surface area contributed by atoms with E-state index >= 15 is 0 Å². The van der Waals surface area contributed by atoms with Crippen LogP contribution >= 0.6 is 0 Å². The van der Waals surface area contributed by atoms with E-state index in [-0.39, 0.29) is 13.0 Å². The molecule has 0 fully saturated rings. The van der Waals surface area contributed by atoms with Crippen molar-refractivity contribution in [3.63, 3.8) is 0 Å². The van der Waals surface area contributed by atoms with Crippen LogP contribution in [-0.2, 0) is 11.2 Å². The summed E-state index contributed by atoms with van der Waals surface area (Å²) in [7, 11) is 0. The van der Waals surface area contributed by atoms with Crippen molar-refractivity contribution < 1.29 is 18.0 Å². The maximum atomic E-state index is 12.7. The number of unbranched alkanes of at least 4 members (excludes halogenated alkanes) is 1. The summed E-state index contributed by atoms with van der Waals surface area (Å²) >= 11 is 0. The lowest BCUT2D eigenvalue weighted by molar-refractivity contribution is -0.161. The Morgan fingerprint density at radius 3 is 2.58 bits per heavy atom. The van der Waals surface area contributed by atoms with Gasteiger partial charge in [0.2, 0.25) is 5.91 Å². The van der Waals surface area contributed by atoms with Gasteiger partial charge in [-0.3, -0.25) is 4.79 Å². The molecule has 0 atom stereocenters. The predicted octanol–water partition coefficient (Wildman–Crippen LogP) is 3.78. The van der Waals surface area contributed by atoms with Crippen LogP contribution in [0, 0.1) is 20.8 Å². The fourth-order valence-electron chi connectivity index (χ4n) is 3.05. The quantitative estimate of drug-likeness (QED) is 0.745. The molecular formula is C18H25F3N4O. The minimum atomic E-state index is -4.39. The number of hydrogen-bond donors (Lipinski definition) is 0. The van der Waals surface area contributed by atoms with Gasteiger partial charge in [-0.25, -0.2) is 9.50 Å². The molecule has 0 bridgehead atoms. The van der Waals surface area contributed by atoms with Crippen molar-refractivity contribution >= 4 is 11.6 Å². The lowest BCUT2D eigenvalue weighted by Crippen LogP contribution is -2.39. The molecule has 0 aliphatic carbocycles. The van der Waals surface area contributed by atoms with Crippen molar-refractivity contribution in [2.24, 2.45) is 0 Å². The summed E-state index contributed by atoms with van der Waals surface area (Å²) in [5.74, 6) is -0.480. The molecule has 2 heterocycles. The molecule has 2 rings (SSSR count). The van der Waals surface area contributed by atoms with Gasteiger partial charge in [0.15, 0.2) is 5.65 Å². The summed E-state index contributed by atoms with van der Waals surface area (Å²) < 4.78 is 40.0. The Bertz CT molecular complexity index is 783. The van der Waals surface area contributed by atoms with E-state index in [9.17, 15) is 18.0 Å². The van der Waals surface area contributed by atoms with E-state index in [4.69, 9.17) is 0 Å². The maximum Gasteiger partial charge on any atom is 0.406 e.